The lowest BCUT2D eigenvalue weighted by molar-refractivity contribution is 0.0748. The van der Waals surface area contributed by atoms with Gasteiger partial charge in [-0.05, 0) is 63.1 Å². The molecule has 2 N–H and O–H groups in total. The van der Waals surface area contributed by atoms with Crippen molar-refractivity contribution in [2.24, 2.45) is 0 Å². The largest absolute Gasteiger partial charge is 0.457 e. The van der Waals surface area contributed by atoms with Gasteiger partial charge < -0.3 is 15.4 Å². The van der Waals surface area contributed by atoms with Crippen molar-refractivity contribution in [3.63, 3.8) is 0 Å². The summed E-state index contributed by atoms with van der Waals surface area (Å²) in [5.74, 6) is 1.86. The summed E-state index contributed by atoms with van der Waals surface area (Å²) in [6.45, 7) is 4.64. The summed E-state index contributed by atoms with van der Waals surface area (Å²) in [6.07, 6.45) is 5.63. The Balaban J connectivity index is 1.31. The van der Waals surface area contributed by atoms with Crippen LogP contribution in [-0.4, -0.2) is 57.5 Å². The Morgan fingerprint density at radius 3 is 2.50 bits per heavy atom. The molecule has 0 saturated carbocycles. The molecule has 1 fully saturated rings. The van der Waals surface area contributed by atoms with Gasteiger partial charge in [-0.15, -0.1) is 0 Å². The normalized spacial score (nSPS) is 17.0. The number of carbonyl (C=O) groups excluding carboxylic acids is 1. The van der Waals surface area contributed by atoms with Crippen LogP contribution in [0, 0.1) is 0 Å². The van der Waals surface area contributed by atoms with Gasteiger partial charge in [0.25, 0.3) is 0 Å². The minimum Gasteiger partial charge on any atom is -0.457 e. The fraction of sp³-hybridized carbons (Fsp3) is 0.259. The van der Waals surface area contributed by atoms with Gasteiger partial charge in [0.15, 0.2) is 5.65 Å². The second kappa shape index (κ2) is 9.25. The van der Waals surface area contributed by atoms with Gasteiger partial charge in [0.05, 0.1) is 11.4 Å². The molecular weight excluding hydrogens is 482 g/mol. The van der Waals surface area contributed by atoms with Gasteiger partial charge in [0.1, 0.15) is 42.0 Å². The van der Waals surface area contributed by atoms with Gasteiger partial charge in [-0.25, -0.2) is 24.4 Å². The zero-order chi connectivity index (χ0) is 26.3. The SMILES string of the molecule is CC1(C)CC(n2nc(-c3ccc(Oc4ccccc4)cc3)c3c(N)ncnc32)CCN1C(=O)n1cncn1. The number of nitrogens with two attached hydrogens (primary N) is 1. The molecule has 1 aliphatic rings. The number of piperidine rings is 1. The Bertz CT molecular complexity index is 1580. The van der Waals surface area contributed by atoms with Gasteiger partial charge in [-0.3, -0.25) is 0 Å². The van der Waals surface area contributed by atoms with E-state index < -0.39 is 5.54 Å². The Kier molecular flexibility index (Phi) is 5.74. The maximum absolute atomic E-state index is 13.0. The zero-order valence-electron chi connectivity index (χ0n) is 21.1. The van der Waals surface area contributed by atoms with E-state index in [0.29, 0.717) is 41.9 Å². The minimum atomic E-state index is -0.445. The highest BCUT2D eigenvalue weighted by Gasteiger charge is 2.40. The number of hydrogen-bond acceptors (Lipinski definition) is 8. The predicted octanol–water partition coefficient (Wildman–Crippen LogP) is 4.54. The Hall–Kier alpha value is -4.80. The molecule has 3 aromatic heterocycles. The first-order chi connectivity index (χ1) is 18.4. The number of nitrogen functional groups attached to an aromatic ring is 1. The third-order valence-electron chi connectivity index (χ3n) is 6.97. The number of anilines is 1. The molecule has 1 unspecified atom stereocenters. The van der Waals surface area contributed by atoms with E-state index in [9.17, 15) is 4.79 Å². The van der Waals surface area contributed by atoms with E-state index in [-0.39, 0.29) is 12.1 Å². The van der Waals surface area contributed by atoms with Gasteiger partial charge in [-0.1, -0.05) is 18.2 Å². The summed E-state index contributed by atoms with van der Waals surface area (Å²) in [5, 5.41) is 9.72. The van der Waals surface area contributed by atoms with Crippen LogP contribution in [0.1, 0.15) is 32.7 Å². The summed E-state index contributed by atoms with van der Waals surface area (Å²) in [5.41, 5.74) is 8.17. The number of ether oxygens (including phenoxy) is 1. The minimum absolute atomic E-state index is 0.0102. The predicted molar refractivity (Wildman–Crippen MR) is 142 cm³/mol. The summed E-state index contributed by atoms with van der Waals surface area (Å²) < 4.78 is 9.15. The number of likely N-dealkylation sites (tertiary alicyclic amines) is 1. The third-order valence-corrected chi connectivity index (χ3v) is 6.97. The second-order valence-electron chi connectivity index (χ2n) is 9.92. The number of amides is 1. The highest BCUT2D eigenvalue weighted by molar-refractivity contribution is 5.98. The summed E-state index contributed by atoms with van der Waals surface area (Å²) in [6, 6.07) is 17.2. The van der Waals surface area contributed by atoms with E-state index in [0.717, 1.165) is 17.1 Å². The Morgan fingerprint density at radius 1 is 1.03 bits per heavy atom. The van der Waals surface area contributed by atoms with Crippen LogP contribution in [0.25, 0.3) is 22.3 Å². The van der Waals surface area contributed by atoms with Gasteiger partial charge in [-0.2, -0.15) is 14.9 Å². The number of nitrogens with zero attached hydrogens (tertiary/aromatic N) is 8. The molecule has 1 saturated heterocycles. The number of carbonyl (C=O) groups is 1. The van der Waals surface area contributed by atoms with Gasteiger partial charge in [0, 0.05) is 17.6 Å². The fourth-order valence-corrected chi connectivity index (χ4v) is 5.12. The molecule has 2 aromatic carbocycles. The van der Waals surface area contributed by atoms with Crippen LogP contribution in [0.15, 0.2) is 73.6 Å². The van der Waals surface area contributed by atoms with Crippen LogP contribution in [-0.2, 0) is 0 Å². The molecule has 1 amide bonds. The number of para-hydroxylation sites is 1. The topological polar surface area (TPSA) is 130 Å². The third kappa shape index (κ3) is 4.21. The molecule has 6 rings (SSSR count). The molecule has 0 aliphatic carbocycles. The van der Waals surface area contributed by atoms with Crippen molar-refractivity contribution in [1.82, 2.24) is 39.4 Å². The van der Waals surface area contributed by atoms with E-state index in [2.05, 4.69) is 33.9 Å². The van der Waals surface area contributed by atoms with E-state index in [4.69, 9.17) is 15.6 Å². The molecule has 0 spiro atoms. The molecule has 38 heavy (non-hydrogen) atoms. The highest BCUT2D eigenvalue weighted by Crippen LogP contribution is 2.39. The smallest absolute Gasteiger partial charge is 0.346 e. The van der Waals surface area contributed by atoms with Crippen LogP contribution in [0.3, 0.4) is 0 Å². The monoisotopic (exact) mass is 509 g/mol. The van der Waals surface area contributed by atoms with E-state index in [1.54, 1.807) is 0 Å². The average Bonchev–Trinajstić information content (AvgIpc) is 3.59. The first-order valence-corrected chi connectivity index (χ1v) is 12.4. The van der Waals surface area contributed by atoms with Crippen molar-refractivity contribution >= 4 is 22.9 Å². The van der Waals surface area contributed by atoms with Crippen molar-refractivity contribution in [2.45, 2.75) is 38.3 Å². The number of benzene rings is 2. The van der Waals surface area contributed by atoms with Gasteiger partial charge in [0.2, 0.25) is 0 Å². The Morgan fingerprint density at radius 2 is 1.79 bits per heavy atom. The van der Waals surface area contributed by atoms with E-state index in [1.165, 1.54) is 23.7 Å². The lowest BCUT2D eigenvalue weighted by atomic mass is 9.87. The molecule has 11 heteroatoms. The number of hydrogen-bond donors (Lipinski definition) is 1. The molecule has 5 aromatic rings. The highest BCUT2D eigenvalue weighted by atomic mass is 16.5. The standard InChI is InChI=1S/C27H27N9O2/c1-27(2)14-19(12-13-34(27)26(37)35-17-29-15-32-35)36-25-22(24(28)30-16-31-25)23(33-36)18-8-10-21(11-9-18)38-20-6-4-3-5-7-20/h3-11,15-17,19H,12-14H2,1-2H3,(H2,28,30,31). The summed E-state index contributed by atoms with van der Waals surface area (Å²) in [4.78, 5) is 27.6. The maximum atomic E-state index is 13.0. The van der Waals surface area contributed by atoms with E-state index >= 15 is 0 Å². The first-order valence-electron chi connectivity index (χ1n) is 12.4. The van der Waals surface area contributed by atoms with Crippen LogP contribution in [0.4, 0.5) is 10.6 Å². The van der Waals surface area contributed by atoms with Crippen LogP contribution < -0.4 is 10.5 Å². The van der Waals surface area contributed by atoms with Crippen molar-refractivity contribution in [2.75, 3.05) is 12.3 Å². The lowest BCUT2D eigenvalue weighted by Crippen LogP contribution is -2.54. The zero-order valence-corrected chi connectivity index (χ0v) is 21.1. The summed E-state index contributed by atoms with van der Waals surface area (Å²) >= 11 is 0. The molecule has 0 radical (unpaired) electrons. The van der Waals surface area contributed by atoms with Crippen LogP contribution >= 0.6 is 0 Å². The van der Waals surface area contributed by atoms with Crippen LogP contribution in [0.5, 0.6) is 11.5 Å². The lowest BCUT2D eigenvalue weighted by Gasteiger charge is -2.45. The second-order valence-corrected chi connectivity index (χ2v) is 9.92. The fourth-order valence-electron chi connectivity index (χ4n) is 5.12. The maximum Gasteiger partial charge on any atom is 0.346 e. The molecule has 1 aliphatic heterocycles. The molecular formula is C27H27N9O2. The van der Waals surface area contributed by atoms with Crippen molar-refractivity contribution in [3.8, 4) is 22.8 Å². The molecule has 11 nitrogen and oxygen atoms in total. The molecule has 0 bridgehead atoms. The van der Waals surface area contributed by atoms with Crippen LogP contribution in [0.2, 0.25) is 0 Å². The van der Waals surface area contributed by atoms with Crippen molar-refractivity contribution < 1.29 is 9.53 Å². The number of fused-ring (bicyclic) bond motifs is 1. The average molecular weight is 510 g/mol. The molecule has 1 atom stereocenters. The molecule has 192 valence electrons. The first kappa shape index (κ1) is 23.6. The summed E-state index contributed by atoms with van der Waals surface area (Å²) in [7, 11) is 0. The number of rotatable bonds is 4. The Labute approximate surface area is 218 Å². The quantitative estimate of drug-likeness (QED) is 0.374. The molecule has 4 heterocycles. The van der Waals surface area contributed by atoms with E-state index in [1.807, 2.05) is 64.2 Å². The number of aromatic nitrogens is 7. The van der Waals surface area contributed by atoms with Crippen molar-refractivity contribution in [3.05, 3.63) is 73.6 Å². The van der Waals surface area contributed by atoms with Crippen molar-refractivity contribution in [1.29, 1.82) is 0 Å². The van der Waals surface area contributed by atoms with Gasteiger partial charge >= 0.3 is 6.03 Å².